The van der Waals surface area contributed by atoms with Crippen molar-refractivity contribution >= 4 is 5.91 Å². The summed E-state index contributed by atoms with van der Waals surface area (Å²) in [6.45, 7) is 3.06. The van der Waals surface area contributed by atoms with E-state index < -0.39 is 0 Å². The lowest BCUT2D eigenvalue weighted by molar-refractivity contribution is -0.133. The Hall–Kier alpha value is -3.13. The third-order valence-corrected chi connectivity index (χ3v) is 6.48. The van der Waals surface area contributed by atoms with Gasteiger partial charge in [0.25, 0.3) is 0 Å². The van der Waals surface area contributed by atoms with Gasteiger partial charge in [-0.2, -0.15) is 0 Å². The van der Waals surface area contributed by atoms with E-state index in [0.29, 0.717) is 18.5 Å². The Morgan fingerprint density at radius 1 is 1.23 bits per heavy atom. The summed E-state index contributed by atoms with van der Waals surface area (Å²) < 4.78 is 15.0. The molecule has 2 bridgehead atoms. The minimum atomic E-state index is -0.263. The Balaban J connectivity index is 1.18. The largest absolute Gasteiger partial charge is 0.352 e. The zero-order valence-corrected chi connectivity index (χ0v) is 17.2. The summed E-state index contributed by atoms with van der Waals surface area (Å²) in [5.74, 6) is 0.300. The van der Waals surface area contributed by atoms with Crippen LogP contribution in [0.3, 0.4) is 0 Å². The molecule has 5 heterocycles. The molecule has 1 unspecified atom stereocenters. The molecule has 0 aliphatic carbocycles. The molecule has 1 aromatic carbocycles. The molecular formula is C23H25FN6O. The molecule has 0 radical (unpaired) electrons. The molecule has 4 atom stereocenters. The molecule has 3 saturated heterocycles. The SMILES string of the molecule is O=C(NCc1cccnc1)[C@@H]1CN2CC[C@H]1C[C@@H]2Cn1cc(-c2ccc(F)cc2)nn1. The van der Waals surface area contributed by atoms with Crippen LogP contribution >= 0.6 is 0 Å². The average Bonchev–Trinajstić information content (AvgIpc) is 3.27. The van der Waals surface area contributed by atoms with Crippen LogP contribution in [0.2, 0.25) is 0 Å². The van der Waals surface area contributed by atoms with E-state index in [1.165, 1.54) is 12.1 Å². The first-order chi connectivity index (χ1) is 15.2. The van der Waals surface area contributed by atoms with Crippen LogP contribution in [-0.4, -0.2) is 49.9 Å². The van der Waals surface area contributed by atoms with Gasteiger partial charge >= 0.3 is 0 Å². The van der Waals surface area contributed by atoms with Crippen molar-refractivity contribution in [3.8, 4) is 11.3 Å². The first-order valence-electron chi connectivity index (χ1n) is 10.7. The number of hydrogen-bond donors (Lipinski definition) is 1. The van der Waals surface area contributed by atoms with Gasteiger partial charge in [-0.3, -0.25) is 19.4 Å². The van der Waals surface area contributed by atoms with Gasteiger partial charge in [-0.1, -0.05) is 11.3 Å². The summed E-state index contributed by atoms with van der Waals surface area (Å²) in [5, 5.41) is 11.6. The number of hydrogen-bond acceptors (Lipinski definition) is 5. The Morgan fingerprint density at radius 2 is 2.10 bits per heavy atom. The third-order valence-electron chi connectivity index (χ3n) is 6.48. The lowest BCUT2D eigenvalue weighted by Gasteiger charge is -2.49. The number of amides is 1. The summed E-state index contributed by atoms with van der Waals surface area (Å²) in [7, 11) is 0. The molecule has 3 aliphatic heterocycles. The van der Waals surface area contributed by atoms with E-state index >= 15 is 0 Å². The van der Waals surface area contributed by atoms with E-state index in [-0.39, 0.29) is 17.6 Å². The summed E-state index contributed by atoms with van der Waals surface area (Å²) >= 11 is 0. The molecule has 6 rings (SSSR count). The second-order valence-electron chi connectivity index (χ2n) is 8.45. The Labute approximate surface area is 180 Å². The first-order valence-corrected chi connectivity index (χ1v) is 10.7. The Kier molecular flexibility index (Phi) is 5.46. The van der Waals surface area contributed by atoms with Crippen molar-refractivity contribution in [1.29, 1.82) is 0 Å². The third kappa shape index (κ3) is 4.34. The van der Waals surface area contributed by atoms with E-state index in [1.807, 2.05) is 23.0 Å². The fourth-order valence-corrected chi connectivity index (χ4v) is 4.80. The van der Waals surface area contributed by atoms with Crippen molar-refractivity contribution in [3.05, 3.63) is 66.4 Å². The average molecular weight is 420 g/mol. The number of nitrogens with zero attached hydrogens (tertiary/aromatic N) is 5. The van der Waals surface area contributed by atoms with Gasteiger partial charge in [-0.25, -0.2) is 4.39 Å². The van der Waals surface area contributed by atoms with Crippen LogP contribution in [0.4, 0.5) is 4.39 Å². The number of carbonyl (C=O) groups is 1. The van der Waals surface area contributed by atoms with E-state index in [2.05, 4.69) is 25.5 Å². The lowest BCUT2D eigenvalue weighted by atomic mass is 9.75. The number of piperidine rings is 3. The second-order valence-corrected chi connectivity index (χ2v) is 8.45. The van der Waals surface area contributed by atoms with Gasteiger partial charge in [0.05, 0.1) is 18.7 Å². The Bertz CT molecular complexity index is 1040. The van der Waals surface area contributed by atoms with Gasteiger partial charge in [0.15, 0.2) is 0 Å². The van der Waals surface area contributed by atoms with Crippen molar-refractivity contribution in [1.82, 2.24) is 30.2 Å². The first kappa shape index (κ1) is 19.8. The topological polar surface area (TPSA) is 75.9 Å². The van der Waals surface area contributed by atoms with Crippen LogP contribution in [0.5, 0.6) is 0 Å². The molecule has 0 spiro atoms. The molecule has 31 heavy (non-hydrogen) atoms. The van der Waals surface area contributed by atoms with Crippen LogP contribution < -0.4 is 5.32 Å². The highest BCUT2D eigenvalue weighted by Gasteiger charge is 2.43. The summed E-state index contributed by atoms with van der Waals surface area (Å²) in [5.41, 5.74) is 2.60. The Morgan fingerprint density at radius 3 is 2.84 bits per heavy atom. The zero-order chi connectivity index (χ0) is 21.2. The van der Waals surface area contributed by atoms with Crippen LogP contribution in [-0.2, 0) is 17.9 Å². The van der Waals surface area contributed by atoms with E-state index in [0.717, 1.165) is 49.3 Å². The fourth-order valence-electron chi connectivity index (χ4n) is 4.80. The highest BCUT2D eigenvalue weighted by Crippen LogP contribution is 2.37. The van der Waals surface area contributed by atoms with Gasteiger partial charge in [0.2, 0.25) is 5.91 Å². The van der Waals surface area contributed by atoms with Crippen molar-refractivity contribution in [2.75, 3.05) is 13.1 Å². The zero-order valence-electron chi connectivity index (χ0n) is 17.2. The summed E-state index contributed by atoms with van der Waals surface area (Å²) in [6, 6.07) is 10.5. The normalized spacial score (nSPS) is 24.8. The molecule has 0 saturated carbocycles. The monoisotopic (exact) mass is 420 g/mol. The molecule has 2 aromatic heterocycles. The van der Waals surface area contributed by atoms with E-state index in [4.69, 9.17) is 0 Å². The smallest absolute Gasteiger partial charge is 0.224 e. The minimum absolute atomic E-state index is 0.0344. The highest BCUT2D eigenvalue weighted by molar-refractivity contribution is 5.79. The molecule has 8 heteroatoms. The quantitative estimate of drug-likeness (QED) is 0.663. The van der Waals surface area contributed by atoms with Crippen molar-refractivity contribution < 1.29 is 9.18 Å². The van der Waals surface area contributed by atoms with Crippen LogP contribution in [0.25, 0.3) is 11.3 Å². The molecule has 7 nitrogen and oxygen atoms in total. The minimum Gasteiger partial charge on any atom is -0.352 e. The molecule has 3 aromatic rings. The predicted molar refractivity (Wildman–Crippen MR) is 113 cm³/mol. The molecular weight excluding hydrogens is 395 g/mol. The maximum absolute atomic E-state index is 13.1. The molecule has 1 N–H and O–H groups in total. The highest BCUT2D eigenvalue weighted by atomic mass is 19.1. The maximum atomic E-state index is 13.1. The maximum Gasteiger partial charge on any atom is 0.224 e. The fraction of sp³-hybridized carbons (Fsp3) is 0.391. The number of carbonyl (C=O) groups excluding carboxylic acids is 1. The van der Waals surface area contributed by atoms with Gasteiger partial charge in [-0.05, 0) is 61.2 Å². The number of aromatic nitrogens is 4. The molecule has 1 amide bonds. The number of pyridine rings is 1. The number of fused-ring (bicyclic) bond motifs is 3. The van der Waals surface area contributed by atoms with Crippen molar-refractivity contribution in [3.63, 3.8) is 0 Å². The van der Waals surface area contributed by atoms with Crippen LogP contribution in [0.15, 0.2) is 55.0 Å². The van der Waals surface area contributed by atoms with Crippen molar-refractivity contribution in [2.24, 2.45) is 11.8 Å². The molecule has 3 fully saturated rings. The number of rotatable bonds is 6. The van der Waals surface area contributed by atoms with Gasteiger partial charge in [0, 0.05) is 37.1 Å². The summed E-state index contributed by atoms with van der Waals surface area (Å²) in [4.78, 5) is 19.3. The van der Waals surface area contributed by atoms with Gasteiger partial charge in [0.1, 0.15) is 11.5 Å². The second kappa shape index (κ2) is 8.55. The lowest BCUT2D eigenvalue weighted by Crippen LogP contribution is -2.58. The number of benzene rings is 1. The van der Waals surface area contributed by atoms with E-state index in [1.54, 1.807) is 24.5 Å². The van der Waals surface area contributed by atoms with Crippen LogP contribution in [0, 0.1) is 17.7 Å². The van der Waals surface area contributed by atoms with Crippen LogP contribution in [0.1, 0.15) is 18.4 Å². The number of halogens is 1. The molecule has 3 aliphatic rings. The van der Waals surface area contributed by atoms with E-state index in [9.17, 15) is 9.18 Å². The number of nitrogens with one attached hydrogen (secondary N) is 1. The van der Waals surface area contributed by atoms with Gasteiger partial charge in [-0.15, -0.1) is 5.10 Å². The molecule has 160 valence electrons. The van der Waals surface area contributed by atoms with Crippen molar-refractivity contribution in [2.45, 2.75) is 32.0 Å². The summed E-state index contributed by atoms with van der Waals surface area (Å²) in [6.07, 6.45) is 7.47. The van der Waals surface area contributed by atoms with Gasteiger partial charge < -0.3 is 5.32 Å². The standard InChI is InChI=1S/C23H25FN6O/c24-19-5-3-17(4-6-19)22-15-30(28-27-22)13-20-10-18-7-9-29(20)14-21(18)23(31)26-12-16-2-1-8-25-11-16/h1-6,8,11,15,18,20-21H,7,9-10,12-14H2,(H,26,31)/t18-,20+,21+/m0/s1. The predicted octanol–water partition coefficient (Wildman–Crippen LogP) is 2.51.